The standard InChI is InChI=1S/C13H20F3N/c1-2-11-6-7-12(17-11)9-4-3-5-10(8-9)13(14,15)16/h2,9-12,17H,1,3-8H2. The predicted molar refractivity (Wildman–Crippen MR) is 61.6 cm³/mol. The van der Waals surface area contributed by atoms with E-state index in [9.17, 15) is 13.2 Å². The summed E-state index contributed by atoms with van der Waals surface area (Å²) in [5.41, 5.74) is 0. The van der Waals surface area contributed by atoms with Gasteiger partial charge in [-0.1, -0.05) is 12.5 Å². The average Bonchev–Trinajstić information content (AvgIpc) is 2.76. The van der Waals surface area contributed by atoms with Gasteiger partial charge in [-0.3, -0.25) is 0 Å². The summed E-state index contributed by atoms with van der Waals surface area (Å²) in [5, 5.41) is 3.40. The Labute approximate surface area is 100 Å². The predicted octanol–water partition coefficient (Wildman–Crippen LogP) is 3.66. The molecule has 0 amide bonds. The Hall–Kier alpha value is -0.510. The van der Waals surface area contributed by atoms with Crippen molar-refractivity contribution in [2.45, 2.75) is 56.8 Å². The monoisotopic (exact) mass is 247 g/mol. The molecule has 0 aromatic rings. The van der Waals surface area contributed by atoms with Gasteiger partial charge >= 0.3 is 6.18 Å². The zero-order valence-electron chi connectivity index (χ0n) is 9.97. The zero-order valence-corrected chi connectivity index (χ0v) is 9.97. The molecule has 4 heteroatoms. The molecule has 1 saturated carbocycles. The lowest BCUT2D eigenvalue weighted by Gasteiger charge is -2.34. The molecule has 0 aromatic heterocycles. The molecule has 1 saturated heterocycles. The summed E-state index contributed by atoms with van der Waals surface area (Å²) in [6.45, 7) is 3.73. The highest BCUT2D eigenvalue weighted by Gasteiger charge is 2.44. The van der Waals surface area contributed by atoms with E-state index >= 15 is 0 Å². The Morgan fingerprint density at radius 3 is 2.47 bits per heavy atom. The van der Waals surface area contributed by atoms with E-state index in [0.29, 0.717) is 25.3 Å². The number of hydrogen-bond donors (Lipinski definition) is 1. The molecule has 1 N–H and O–H groups in total. The summed E-state index contributed by atoms with van der Waals surface area (Å²) in [6.07, 6.45) is 2.15. The number of nitrogens with one attached hydrogen (secondary N) is 1. The molecule has 0 aromatic carbocycles. The molecule has 17 heavy (non-hydrogen) atoms. The maximum Gasteiger partial charge on any atom is 0.391 e. The van der Waals surface area contributed by atoms with E-state index in [0.717, 1.165) is 19.3 Å². The largest absolute Gasteiger partial charge is 0.391 e. The Balaban J connectivity index is 1.92. The van der Waals surface area contributed by atoms with Crippen molar-refractivity contribution >= 4 is 0 Å². The van der Waals surface area contributed by atoms with Crippen molar-refractivity contribution < 1.29 is 13.2 Å². The number of hydrogen-bond acceptors (Lipinski definition) is 1. The van der Waals surface area contributed by atoms with E-state index in [1.807, 2.05) is 6.08 Å². The average molecular weight is 247 g/mol. The van der Waals surface area contributed by atoms with Crippen LogP contribution in [0.5, 0.6) is 0 Å². The smallest absolute Gasteiger partial charge is 0.308 e. The quantitative estimate of drug-likeness (QED) is 0.734. The molecule has 4 unspecified atom stereocenters. The molecule has 2 fully saturated rings. The Morgan fingerprint density at radius 2 is 1.88 bits per heavy atom. The molecule has 1 aliphatic heterocycles. The first-order chi connectivity index (χ1) is 8.00. The van der Waals surface area contributed by atoms with Crippen molar-refractivity contribution in [1.29, 1.82) is 0 Å². The van der Waals surface area contributed by atoms with Crippen molar-refractivity contribution in [1.82, 2.24) is 5.32 Å². The number of rotatable bonds is 2. The fourth-order valence-electron chi connectivity index (χ4n) is 3.25. The summed E-state index contributed by atoms with van der Waals surface area (Å²) in [6, 6.07) is 0.564. The lowest BCUT2D eigenvalue weighted by molar-refractivity contribution is -0.186. The van der Waals surface area contributed by atoms with Gasteiger partial charge in [-0.25, -0.2) is 0 Å². The molecule has 1 aliphatic carbocycles. The van der Waals surface area contributed by atoms with E-state index in [4.69, 9.17) is 0 Å². The van der Waals surface area contributed by atoms with Crippen LogP contribution in [0.1, 0.15) is 38.5 Å². The van der Waals surface area contributed by atoms with Crippen LogP contribution in [-0.4, -0.2) is 18.3 Å². The Morgan fingerprint density at radius 1 is 1.12 bits per heavy atom. The molecule has 98 valence electrons. The third-order valence-corrected chi connectivity index (χ3v) is 4.25. The Bertz CT molecular complexity index is 274. The summed E-state index contributed by atoms with van der Waals surface area (Å²) in [4.78, 5) is 0. The van der Waals surface area contributed by atoms with Crippen LogP contribution < -0.4 is 5.32 Å². The van der Waals surface area contributed by atoms with Crippen LogP contribution in [0.3, 0.4) is 0 Å². The van der Waals surface area contributed by atoms with Gasteiger partial charge in [-0.2, -0.15) is 13.2 Å². The van der Waals surface area contributed by atoms with Crippen LogP contribution in [0.4, 0.5) is 13.2 Å². The summed E-state index contributed by atoms with van der Waals surface area (Å²) in [7, 11) is 0. The zero-order chi connectivity index (χ0) is 12.5. The first-order valence-electron chi connectivity index (χ1n) is 6.46. The van der Waals surface area contributed by atoms with E-state index in [2.05, 4.69) is 11.9 Å². The third-order valence-electron chi connectivity index (χ3n) is 4.25. The Kier molecular flexibility index (Phi) is 3.81. The lowest BCUT2D eigenvalue weighted by Crippen LogP contribution is -2.39. The van der Waals surface area contributed by atoms with Crippen molar-refractivity contribution in [3.8, 4) is 0 Å². The highest BCUT2D eigenvalue weighted by molar-refractivity contribution is 4.97. The van der Waals surface area contributed by atoms with Crippen LogP contribution in [0.15, 0.2) is 12.7 Å². The molecule has 0 spiro atoms. The first kappa shape index (κ1) is 12.9. The van der Waals surface area contributed by atoms with Crippen LogP contribution in [-0.2, 0) is 0 Å². The van der Waals surface area contributed by atoms with Gasteiger partial charge in [0.1, 0.15) is 0 Å². The maximum atomic E-state index is 12.7. The minimum absolute atomic E-state index is 0.195. The van der Waals surface area contributed by atoms with Gasteiger partial charge < -0.3 is 5.32 Å². The van der Waals surface area contributed by atoms with E-state index < -0.39 is 12.1 Å². The first-order valence-corrected chi connectivity index (χ1v) is 6.46. The van der Waals surface area contributed by atoms with E-state index in [-0.39, 0.29) is 12.0 Å². The van der Waals surface area contributed by atoms with Gasteiger partial charge in [0, 0.05) is 12.1 Å². The van der Waals surface area contributed by atoms with Crippen molar-refractivity contribution in [3.05, 3.63) is 12.7 Å². The van der Waals surface area contributed by atoms with Gasteiger partial charge in [0.15, 0.2) is 0 Å². The summed E-state index contributed by atoms with van der Waals surface area (Å²) in [5.74, 6) is -0.883. The molecular weight excluding hydrogens is 227 g/mol. The fourth-order valence-corrected chi connectivity index (χ4v) is 3.25. The summed E-state index contributed by atoms with van der Waals surface area (Å²) >= 11 is 0. The van der Waals surface area contributed by atoms with Crippen LogP contribution in [0, 0.1) is 11.8 Å². The second-order valence-electron chi connectivity index (χ2n) is 5.36. The van der Waals surface area contributed by atoms with Crippen LogP contribution >= 0.6 is 0 Å². The van der Waals surface area contributed by atoms with Gasteiger partial charge in [-0.15, -0.1) is 6.58 Å². The third kappa shape index (κ3) is 3.03. The molecule has 2 aliphatic rings. The molecule has 4 atom stereocenters. The topological polar surface area (TPSA) is 12.0 Å². The minimum Gasteiger partial charge on any atom is -0.308 e. The molecule has 2 rings (SSSR count). The molecule has 1 heterocycles. The van der Waals surface area contributed by atoms with Crippen molar-refractivity contribution in [2.24, 2.45) is 11.8 Å². The number of alkyl halides is 3. The highest BCUT2D eigenvalue weighted by Crippen LogP contribution is 2.42. The van der Waals surface area contributed by atoms with E-state index in [1.165, 1.54) is 0 Å². The van der Waals surface area contributed by atoms with Gasteiger partial charge in [-0.05, 0) is 38.0 Å². The molecule has 1 nitrogen and oxygen atoms in total. The fraction of sp³-hybridized carbons (Fsp3) is 0.846. The minimum atomic E-state index is -4.00. The second kappa shape index (κ2) is 5.01. The normalized spacial score (nSPS) is 39.2. The molecule has 0 radical (unpaired) electrons. The van der Waals surface area contributed by atoms with Gasteiger partial charge in [0.2, 0.25) is 0 Å². The molecular formula is C13H20F3N. The summed E-state index contributed by atoms with van der Waals surface area (Å²) < 4.78 is 38.1. The van der Waals surface area contributed by atoms with Gasteiger partial charge in [0.05, 0.1) is 5.92 Å². The number of halogens is 3. The van der Waals surface area contributed by atoms with Crippen LogP contribution in [0.25, 0.3) is 0 Å². The maximum absolute atomic E-state index is 12.7. The highest BCUT2D eigenvalue weighted by atomic mass is 19.4. The second-order valence-corrected chi connectivity index (χ2v) is 5.36. The van der Waals surface area contributed by atoms with E-state index in [1.54, 1.807) is 0 Å². The van der Waals surface area contributed by atoms with Gasteiger partial charge in [0.25, 0.3) is 0 Å². The van der Waals surface area contributed by atoms with Crippen LogP contribution in [0.2, 0.25) is 0 Å². The SMILES string of the molecule is C=CC1CCC(C2CCCC(C(F)(F)F)C2)N1. The van der Waals surface area contributed by atoms with Crippen molar-refractivity contribution in [2.75, 3.05) is 0 Å². The molecule has 0 bridgehead atoms. The van der Waals surface area contributed by atoms with Crippen molar-refractivity contribution in [3.63, 3.8) is 0 Å². The lowest BCUT2D eigenvalue weighted by atomic mass is 9.77.